The molecule has 1 amide bonds. The van der Waals surface area contributed by atoms with Gasteiger partial charge in [0.25, 0.3) is 5.91 Å². The van der Waals surface area contributed by atoms with Gasteiger partial charge in [-0.2, -0.15) is 0 Å². The quantitative estimate of drug-likeness (QED) is 0.336. The van der Waals surface area contributed by atoms with Crippen LogP contribution in [0.5, 0.6) is 0 Å². The molecule has 1 aromatic carbocycles. The van der Waals surface area contributed by atoms with Gasteiger partial charge in [0, 0.05) is 28.8 Å². The Balaban J connectivity index is 0.000000952. The molecule has 2 aromatic rings. The molecular formula is C25H33ClF2N4O3S. The number of thioether (sulfide) groups is 1. The van der Waals surface area contributed by atoms with E-state index in [0.29, 0.717) is 41.6 Å². The molecule has 2 unspecified atom stereocenters. The molecule has 0 saturated heterocycles. The van der Waals surface area contributed by atoms with Crippen molar-refractivity contribution in [3.05, 3.63) is 71.3 Å². The second-order valence-corrected chi connectivity index (χ2v) is 8.55. The molecule has 1 aliphatic heterocycles. The van der Waals surface area contributed by atoms with Crippen molar-refractivity contribution in [3.8, 4) is 0 Å². The SMILES string of the molecule is C=CC(=O)OCC.CC.CC1CC(c2cc(NC(=O)c3ccc(Cl)cn3)ccc2F)N=C(N)S1.CF. The predicted octanol–water partition coefficient (Wildman–Crippen LogP) is 6.36. The molecule has 198 valence electrons. The molecule has 7 nitrogen and oxygen atoms in total. The van der Waals surface area contributed by atoms with Crippen LogP contribution in [0.2, 0.25) is 5.02 Å². The Bertz CT molecular complexity index is 1010. The van der Waals surface area contributed by atoms with Crippen LogP contribution in [0.3, 0.4) is 0 Å². The monoisotopic (exact) mass is 542 g/mol. The summed E-state index contributed by atoms with van der Waals surface area (Å²) in [5, 5.41) is 3.85. The van der Waals surface area contributed by atoms with Crippen molar-refractivity contribution >= 4 is 46.1 Å². The number of hydrogen-bond donors (Lipinski definition) is 2. The summed E-state index contributed by atoms with van der Waals surface area (Å²) >= 11 is 7.24. The van der Waals surface area contributed by atoms with Gasteiger partial charge in [-0.1, -0.05) is 50.7 Å². The molecule has 3 N–H and O–H groups in total. The highest BCUT2D eigenvalue weighted by Crippen LogP contribution is 2.35. The van der Waals surface area contributed by atoms with E-state index < -0.39 is 5.91 Å². The van der Waals surface area contributed by atoms with Gasteiger partial charge in [-0.25, -0.2) is 14.2 Å². The van der Waals surface area contributed by atoms with Gasteiger partial charge in [-0.3, -0.25) is 14.2 Å². The van der Waals surface area contributed by atoms with Crippen LogP contribution in [0, 0.1) is 5.82 Å². The van der Waals surface area contributed by atoms with Gasteiger partial charge in [0.1, 0.15) is 11.5 Å². The summed E-state index contributed by atoms with van der Waals surface area (Å²) in [6.45, 7) is 11.4. The lowest BCUT2D eigenvalue weighted by molar-refractivity contribution is -0.137. The first-order valence-electron chi connectivity index (χ1n) is 11.1. The average molecular weight is 543 g/mol. The Labute approximate surface area is 220 Å². The molecule has 0 fully saturated rings. The summed E-state index contributed by atoms with van der Waals surface area (Å²) < 4.78 is 28.2. The van der Waals surface area contributed by atoms with Crippen molar-refractivity contribution in [2.45, 2.75) is 45.4 Å². The highest BCUT2D eigenvalue weighted by Gasteiger charge is 2.24. The van der Waals surface area contributed by atoms with E-state index in [1.807, 2.05) is 20.8 Å². The number of hydrogen-bond acceptors (Lipinski definition) is 7. The van der Waals surface area contributed by atoms with Crippen LogP contribution in [0.4, 0.5) is 14.5 Å². The predicted molar refractivity (Wildman–Crippen MR) is 145 cm³/mol. The molecule has 1 aliphatic rings. The largest absolute Gasteiger partial charge is 0.463 e. The van der Waals surface area contributed by atoms with Crippen molar-refractivity contribution in [3.63, 3.8) is 0 Å². The summed E-state index contributed by atoms with van der Waals surface area (Å²) in [4.78, 5) is 30.6. The molecule has 2 heterocycles. The molecule has 0 spiro atoms. The van der Waals surface area contributed by atoms with E-state index >= 15 is 0 Å². The third kappa shape index (κ3) is 11.6. The van der Waals surface area contributed by atoms with Gasteiger partial charge >= 0.3 is 5.97 Å². The van der Waals surface area contributed by atoms with Gasteiger partial charge in [0.2, 0.25) is 0 Å². The lowest BCUT2D eigenvalue weighted by Crippen LogP contribution is -2.21. The van der Waals surface area contributed by atoms with E-state index in [1.54, 1.807) is 19.1 Å². The number of anilines is 1. The summed E-state index contributed by atoms with van der Waals surface area (Å²) in [5.74, 6) is -1.13. The zero-order valence-electron chi connectivity index (χ0n) is 21.1. The first kappa shape index (κ1) is 33.0. The maximum absolute atomic E-state index is 14.3. The molecule has 11 heteroatoms. The van der Waals surface area contributed by atoms with Crippen LogP contribution in [-0.2, 0) is 9.53 Å². The Kier molecular flexibility index (Phi) is 16.8. The highest BCUT2D eigenvalue weighted by molar-refractivity contribution is 8.14. The Morgan fingerprint density at radius 2 is 1.97 bits per heavy atom. The highest BCUT2D eigenvalue weighted by atomic mass is 35.5. The third-order valence-corrected chi connectivity index (χ3v) is 5.35. The molecule has 3 rings (SSSR count). The number of benzene rings is 1. The lowest BCUT2D eigenvalue weighted by atomic mass is 10.0. The summed E-state index contributed by atoms with van der Waals surface area (Å²) in [6.07, 6.45) is 3.22. The number of nitrogens with zero attached hydrogens (tertiary/aromatic N) is 2. The smallest absolute Gasteiger partial charge is 0.330 e. The fourth-order valence-electron chi connectivity index (χ4n) is 2.79. The molecule has 36 heavy (non-hydrogen) atoms. The number of aromatic nitrogens is 1. The molecule has 1 aromatic heterocycles. The molecule has 0 radical (unpaired) electrons. The van der Waals surface area contributed by atoms with Crippen LogP contribution in [0.25, 0.3) is 0 Å². The van der Waals surface area contributed by atoms with Crippen LogP contribution in [0.15, 0.2) is 54.2 Å². The number of nitrogens with one attached hydrogen (secondary N) is 1. The van der Waals surface area contributed by atoms with Gasteiger partial charge in [0.05, 0.1) is 24.8 Å². The number of carbonyl (C=O) groups excluding carboxylic acids is 2. The number of nitrogens with two attached hydrogens (primary N) is 1. The maximum Gasteiger partial charge on any atom is 0.330 e. The van der Waals surface area contributed by atoms with Gasteiger partial charge in [-0.05, 0) is 43.7 Å². The van der Waals surface area contributed by atoms with E-state index in [1.165, 1.54) is 36.2 Å². The molecule has 0 saturated carbocycles. The minimum atomic E-state index is -0.398. The number of ether oxygens (including phenoxy) is 1. The number of esters is 1. The minimum Gasteiger partial charge on any atom is -0.463 e. The van der Waals surface area contributed by atoms with Gasteiger partial charge in [-0.15, -0.1) is 0 Å². The van der Waals surface area contributed by atoms with Crippen molar-refractivity contribution < 1.29 is 23.1 Å². The molecule has 2 atom stereocenters. The maximum atomic E-state index is 14.3. The fourth-order valence-corrected chi connectivity index (χ4v) is 3.78. The Hall–Kier alpha value is -2.98. The van der Waals surface area contributed by atoms with Crippen LogP contribution in [-0.4, -0.2) is 41.1 Å². The zero-order valence-corrected chi connectivity index (χ0v) is 22.6. The number of halogens is 3. The lowest BCUT2D eigenvalue weighted by Gasteiger charge is -2.24. The van der Waals surface area contributed by atoms with Gasteiger partial charge < -0.3 is 15.8 Å². The first-order valence-corrected chi connectivity index (χ1v) is 12.4. The topological polar surface area (TPSA) is 107 Å². The van der Waals surface area contributed by atoms with Crippen molar-refractivity contribution in [1.29, 1.82) is 0 Å². The number of alkyl halides is 1. The number of carbonyl (C=O) groups is 2. The number of rotatable bonds is 5. The Morgan fingerprint density at radius 1 is 1.31 bits per heavy atom. The molecule has 0 bridgehead atoms. The second-order valence-electron chi connectivity index (χ2n) is 6.66. The van der Waals surface area contributed by atoms with Crippen molar-refractivity contribution in [2.24, 2.45) is 10.7 Å². The van der Waals surface area contributed by atoms with Crippen LogP contribution in [0.1, 0.15) is 56.2 Å². The molecular weight excluding hydrogens is 510 g/mol. The van der Waals surface area contributed by atoms with E-state index in [0.717, 1.165) is 6.08 Å². The number of pyridine rings is 1. The van der Waals surface area contributed by atoms with Crippen molar-refractivity contribution in [1.82, 2.24) is 4.98 Å². The standard InChI is InChI=1S/C17H16ClFN4OS.C5H8O2.C2H6.CH3F/c1-9-6-15(23-17(20)25-9)12-7-11(3-4-13(12)19)22-16(24)14-5-2-10(18)8-21-14;1-3-5(6)7-4-2;2*1-2/h2-5,7-9,15H,6H2,1H3,(H2,20,23)(H,22,24);3H,1,4H2,2H3;1-2H3;1H3. The van der Waals surface area contributed by atoms with E-state index in [2.05, 4.69) is 26.6 Å². The number of amidine groups is 1. The minimum absolute atomic E-state index is 0.222. The van der Waals surface area contributed by atoms with E-state index in [4.69, 9.17) is 17.3 Å². The zero-order chi connectivity index (χ0) is 27.7. The van der Waals surface area contributed by atoms with Crippen LogP contribution < -0.4 is 11.1 Å². The third-order valence-electron chi connectivity index (χ3n) is 4.19. The van der Waals surface area contributed by atoms with Gasteiger partial charge in [0.15, 0.2) is 5.17 Å². The summed E-state index contributed by atoms with van der Waals surface area (Å²) in [5.41, 5.74) is 6.92. The summed E-state index contributed by atoms with van der Waals surface area (Å²) in [6, 6.07) is 7.15. The normalized spacial score (nSPS) is 15.7. The van der Waals surface area contributed by atoms with E-state index in [9.17, 15) is 18.4 Å². The summed E-state index contributed by atoms with van der Waals surface area (Å²) in [7, 11) is 0.500. The Morgan fingerprint density at radius 3 is 2.47 bits per heavy atom. The van der Waals surface area contributed by atoms with Crippen LogP contribution >= 0.6 is 23.4 Å². The van der Waals surface area contributed by atoms with E-state index in [-0.39, 0.29) is 28.8 Å². The number of aliphatic imine (C=N–C) groups is 1. The average Bonchev–Trinajstić information content (AvgIpc) is 2.88. The van der Waals surface area contributed by atoms with Crippen molar-refractivity contribution in [2.75, 3.05) is 19.1 Å². The number of amides is 1. The second kappa shape index (κ2) is 18.3. The first-order chi connectivity index (χ1) is 17.2. The molecule has 0 aliphatic carbocycles. The fraction of sp³-hybridized carbons (Fsp3) is 0.360.